The maximum absolute atomic E-state index is 10.2. The second-order valence-corrected chi connectivity index (χ2v) is 5.74. The standard InChI is InChI=1S/C13H24O11/c1-21-12-10(20)11(7(17)5(3-15)22-12)24-13-9(19)8(18)6(16)4(2-14)23-13/h4-20H,2-3H2,1H3/t4-,5-,6+,7-,8+,9-,10+,11+,12+,13+/m1/s1. The van der Waals surface area contributed by atoms with E-state index in [0.29, 0.717) is 0 Å². The molecule has 0 aromatic heterocycles. The summed E-state index contributed by atoms with van der Waals surface area (Å²) in [6.07, 6.45) is -14.4. The van der Waals surface area contributed by atoms with Crippen molar-refractivity contribution in [2.45, 2.75) is 61.4 Å². The number of hydrogen-bond donors (Lipinski definition) is 7. The van der Waals surface area contributed by atoms with Gasteiger partial charge in [0.2, 0.25) is 0 Å². The summed E-state index contributed by atoms with van der Waals surface area (Å²) in [5.41, 5.74) is 0. The predicted molar refractivity (Wildman–Crippen MR) is 73.4 cm³/mol. The number of ether oxygens (including phenoxy) is 4. The average Bonchev–Trinajstić information content (AvgIpc) is 2.58. The molecule has 2 heterocycles. The van der Waals surface area contributed by atoms with Crippen molar-refractivity contribution in [3.63, 3.8) is 0 Å². The summed E-state index contributed by atoms with van der Waals surface area (Å²) in [5, 5.41) is 68.1. The molecule has 0 unspecified atom stereocenters. The summed E-state index contributed by atoms with van der Waals surface area (Å²) < 4.78 is 20.6. The molecule has 7 N–H and O–H groups in total. The van der Waals surface area contributed by atoms with Gasteiger partial charge in [-0.3, -0.25) is 0 Å². The molecule has 10 atom stereocenters. The van der Waals surface area contributed by atoms with Gasteiger partial charge in [-0.05, 0) is 0 Å². The highest BCUT2D eigenvalue weighted by atomic mass is 16.7. The Hall–Kier alpha value is -0.440. The highest BCUT2D eigenvalue weighted by Crippen LogP contribution is 2.29. The maximum Gasteiger partial charge on any atom is 0.187 e. The van der Waals surface area contributed by atoms with Crippen LogP contribution in [0.1, 0.15) is 0 Å². The van der Waals surface area contributed by atoms with Gasteiger partial charge in [-0.15, -0.1) is 0 Å². The maximum atomic E-state index is 10.2. The minimum absolute atomic E-state index is 0.581. The summed E-state index contributed by atoms with van der Waals surface area (Å²) in [7, 11) is 1.24. The Kier molecular flexibility index (Phi) is 6.87. The lowest BCUT2D eigenvalue weighted by atomic mass is 9.97. The number of aliphatic hydroxyl groups excluding tert-OH is 7. The van der Waals surface area contributed by atoms with Crippen molar-refractivity contribution in [3.05, 3.63) is 0 Å². The zero-order valence-electron chi connectivity index (χ0n) is 13.0. The van der Waals surface area contributed by atoms with Crippen LogP contribution < -0.4 is 0 Å². The van der Waals surface area contributed by atoms with Crippen LogP contribution in [-0.2, 0) is 18.9 Å². The number of rotatable bonds is 5. The Morgan fingerprint density at radius 1 is 0.708 bits per heavy atom. The fourth-order valence-corrected chi connectivity index (χ4v) is 2.74. The van der Waals surface area contributed by atoms with Gasteiger partial charge in [-0.1, -0.05) is 0 Å². The summed E-state index contributed by atoms with van der Waals surface area (Å²) in [4.78, 5) is 0. The smallest absolute Gasteiger partial charge is 0.187 e. The third-order valence-corrected chi connectivity index (χ3v) is 4.19. The molecule has 0 bridgehead atoms. The second-order valence-electron chi connectivity index (χ2n) is 5.74. The molecule has 2 aliphatic rings. The summed E-state index contributed by atoms with van der Waals surface area (Å²) in [6.45, 7) is -1.23. The molecule has 2 fully saturated rings. The molecule has 0 aliphatic carbocycles. The van der Waals surface area contributed by atoms with E-state index in [4.69, 9.17) is 24.1 Å². The van der Waals surface area contributed by atoms with Crippen LogP contribution >= 0.6 is 0 Å². The molecule has 0 aromatic carbocycles. The minimum Gasteiger partial charge on any atom is -0.394 e. The Morgan fingerprint density at radius 2 is 1.25 bits per heavy atom. The monoisotopic (exact) mass is 356 g/mol. The first-order valence-corrected chi connectivity index (χ1v) is 7.46. The molecule has 0 saturated carbocycles. The first-order chi connectivity index (χ1) is 11.3. The van der Waals surface area contributed by atoms with Gasteiger partial charge in [0.1, 0.15) is 48.8 Å². The second kappa shape index (κ2) is 8.29. The van der Waals surface area contributed by atoms with Gasteiger partial charge in [0.15, 0.2) is 12.6 Å². The lowest BCUT2D eigenvalue weighted by Gasteiger charge is -2.45. The number of aliphatic hydroxyl groups is 7. The van der Waals surface area contributed by atoms with Crippen LogP contribution in [0.25, 0.3) is 0 Å². The van der Waals surface area contributed by atoms with Crippen molar-refractivity contribution < 1.29 is 54.7 Å². The van der Waals surface area contributed by atoms with Gasteiger partial charge in [-0.2, -0.15) is 0 Å². The van der Waals surface area contributed by atoms with Crippen LogP contribution in [0, 0.1) is 0 Å². The topological polar surface area (TPSA) is 179 Å². The van der Waals surface area contributed by atoms with E-state index in [1.807, 2.05) is 0 Å². The molecule has 2 rings (SSSR count). The minimum atomic E-state index is -1.70. The fraction of sp³-hybridized carbons (Fsp3) is 1.00. The molecule has 11 nitrogen and oxygen atoms in total. The lowest BCUT2D eigenvalue weighted by Crippen LogP contribution is -2.64. The van der Waals surface area contributed by atoms with Gasteiger partial charge < -0.3 is 54.7 Å². The van der Waals surface area contributed by atoms with Crippen molar-refractivity contribution >= 4 is 0 Å². The van der Waals surface area contributed by atoms with Crippen molar-refractivity contribution in [3.8, 4) is 0 Å². The first kappa shape index (κ1) is 19.9. The predicted octanol–water partition coefficient (Wildman–Crippen LogP) is -4.74. The first-order valence-electron chi connectivity index (χ1n) is 7.46. The third-order valence-electron chi connectivity index (χ3n) is 4.19. The Bertz CT molecular complexity index is 378. The van der Waals surface area contributed by atoms with E-state index in [2.05, 4.69) is 0 Å². The molecular formula is C13H24O11. The Labute approximate surface area is 137 Å². The highest BCUT2D eigenvalue weighted by Gasteiger charge is 2.50. The summed E-state index contributed by atoms with van der Waals surface area (Å²) in [5.74, 6) is 0. The van der Waals surface area contributed by atoms with E-state index in [-0.39, 0.29) is 0 Å². The van der Waals surface area contributed by atoms with Crippen molar-refractivity contribution in [1.82, 2.24) is 0 Å². The van der Waals surface area contributed by atoms with Crippen molar-refractivity contribution in [2.75, 3.05) is 20.3 Å². The quantitative estimate of drug-likeness (QED) is 0.251. The Morgan fingerprint density at radius 3 is 1.79 bits per heavy atom. The van der Waals surface area contributed by atoms with Crippen LogP contribution in [0.3, 0.4) is 0 Å². The highest BCUT2D eigenvalue weighted by molar-refractivity contribution is 4.93. The Balaban J connectivity index is 2.14. The largest absolute Gasteiger partial charge is 0.394 e. The van der Waals surface area contributed by atoms with Crippen LogP contribution in [0.5, 0.6) is 0 Å². The molecule has 0 radical (unpaired) electrons. The summed E-state index contributed by atoms with van der Waals surface area (Å²) in [6, 6.07) is 0. The van der Waals surface area contributed by atoms with Crippen LogP contribution in [-0.4, -0.2) is 117 Å². The van der Waals surface area contributed by atoms with Gasteiger partial charge in [0, 0.05) is 7.11 Å². The molecule has 24 heavy (non-hydrogen) atoms. The van der Waals surface area contributed by atoms with Crippen LogP contribution in [0.2, 0.25) is 0 Å². The lowest BCUT2D eigenvalue weighted by molar-refractivity contribution is -0.358. The van der Waals surface area contributed by atoms with Crippen molar-refractivity contribution in [2.24, 2.45) is 0 Å². The molecule has 142 valence electrons. The van der Waals surface area contributed by atoms with E-state index < -0.39 is 74.6 Å². The van der Waals surface area contributed by atoms with E-state index >= 15 is 0 Å². The molecule has 11 heteroatoms. The van der Waals surface area contributed by atoms with E-state index in [0.717, 1.165) is 0 Å². The van der Waals surface area contributed by atoms with Gasteiger partial charge >= 0.3 is 0 Å². The average molecular weight is 356 g/mol. The number of hydrogen-bond acceptors (Lipinski definition) is 11. The van der Waals surface area contributed by atoms with Crippen LogP contribution in [0.15, 0.2) is 0 Å². The molecule has 0 aromatic rings. The van der Waals surface area contributed by atoms with Gasteiger partial charge in [0.05, 0.1) is 13.2 Å². The van der Waals surface area contributed by atoms with E-state index in [1.165, 1.54) is 7.11 Å². The van der Waals surface area contributed by atoms with E-state index in [9.17, 15) is 30.6 Å². The molecule has 0 amide bonds. The molecule has 2 saturated heterocycles. The van der Waals surface area contributed by atoms with E-state index in [1.54, 1.807) is 0 Å². The molecular weight excluding hydrogens is 332 g/mol. The molecule has 2 aliphatic heterocycles. The van der Waals surface area contributed by atoms with Gasteiger partial charge in [0.25, 0.3) is 0 Å². The third kappa shape index (κ3) is 3.71. The molecule has 0 spiro atoms. The number of methoxy groups -OCH3 is 1. The zero-order valence-corrected chi connectivity index (χ0v) is 13.0. The van der Waals surface area contributed by atoms with Gasteiger partial charge in [-0.25, -0.2) is 0 Å². The summed E-state index contributed by atoms with van der Waals surface area (Å²) >= 11 is 0. The van der Waals surface area contributed by atoms with Crippen LogP contribution in [0.4, 0.5) is 0 Å². The van der Waals surface area contributed by atoms with Crippen molar-refractivity contribution in [1.29, 1.82) is 0 Å². The SMILES string of the molecule is CO[C@H]1O[C@H](CO)[C@@H](O)[C@H](O[C@@H]2O[C@H](CO)[C@H](O)[C@H](O)[C@H]2O)[C@@H]1O. The zero-order chi connectivity index (χ0) is 18.0. The fourth-order valence-electron chi connectivity index (χ4n) is 2.74. The normalized spacial score (nSPS) is 50.0.